The fourth-order valence-electron chi connectivity index (χ4n) is 4.61. The van der Waals surface area contributed by atoms with Crippen LogP contribution in [0.5, 0.6) is 5.88 Å². The van der Waals surface area contributed by atoms with Gasteiger partial charge in [0, 0.05) is 59.0 Å². The average molecular weight is 477 g/mol. The average Bonchev–Trinajstić information content (AvgIpc) is 3.29. The van der Waals surface area contributed by atoms with Gasteiger partial charge >= 0.3 is 0 Å². The molecule has 2 aliphatic rings. The molecule has 0 N–H and O–H groups in total. The van der Waals surface area contributed by atoms with Gasteiger partial charge in [0.1, 0.15) is 5.69 Å². The Labute approximate surface area is 205 Å². The number of carbonyl (C=O) groups is 1. The lowest BCUT2D eigenvalue weighted by Crippen LogP contribution is -2.45. The minimum atomic E-state index is 0.0403. The fraction of sp³-hybridized carbons (Fsp3) is 0.423. The van der Waals surface area contributed by atoms with Crippen LogP contribution in [0.1, 0.15) is 11.1 Å². The largest absolute Gasteiger partial charge is 0.477 e. The van der Waals surface area contributed by atoms with E-state index in [-0.39, 0.29) is 5.91 Å². The van der Waals surface area contributed by atoms with Gasteiger partial charge < -0.3 is 19.3 Å². The molecule has 35 heavy (non-hydrogen) atoms. The van der Waals surface area contributed by atoms with Gasteiger partial charge in [-0.05, 0) is 11.1 Å². The van der Waals surface area contributed by atoms with Gasteiger partial charge in [0.25, 0.3) is 0 Å². The number of hydrogen-bond acceptors (Lipinski definition) is 7. The van der Waals surface area contributed by atoms with Crippen molar-refractivity contribution in [1.82, 2.24) is 14.8 Å². The van der Waals surface area contributed by atoms with Crippen LogP contribution in [0.3, 0.4) is 0 Å². The van der Waals surface area contributed by atoms with E-state index in [1.54, 1.807) is 4.68 Å². The lowest BCUT2D eigenvalue weighted by molar-refractivity contribution is -0.118. The second-order valence-electron chi connectivity index (χ2n) is 9.00. The van der Waals surface area contributed by atoms with Gasteiger partial charge in [-0.2, -0.15) is 10.1 Å². The summed E-state index contributed by atoms with van der Waals surface area (Å²) in [4.78, 5) is 24.6. The number of hydrogen-bond donors (Lipinski definition) is 0. The molecule has 0 unspecified atom stereocenters. The third kappa shape index (κ3) is 5.24. The minimum Gasteiger partial charge on any atom is -0.477 e. The molecule has 1 fully saturated rings. The maximum atomic E-state index is 13.4. The summed E-state index contributed by atoms with van der Waals surface area (Å²) in [7, 11) is 3.97. The first-order chi connectivity index (χ1) is 17.1. The first-order valence-corrected chi connectivity index (χ1v) is 12.1. The molecule has 184 valence electrons. The van der Waals surface area contributed by atoms with Crippen molar-refractivity contribution >= 4 is 23.1 Å². The second kappa shape index (κ2) is 10.4. The Balaban J connectivity index is 1.45. The first-order valence-electron chi connectivity index (χ1n) is 12.1. The van der Waals surface area contributed by atoms with E-state index in [0.717, 1.165) is 48.6 Å². The van der Waals surface area contributed by atoms with Gasteiger partial charge in [0.05, 0.1) is 38.1 Å². The molecule has 5 rings (SSSR count). The molecule has 0 saturated carbocycles. The smallest absolute Gasteiger partial charge is 0.232 e. The molecule has 9 nitrogen and oxygen atoms in total. The van der Waals surface area contributed by atoms with Gasteiger partial charge in [-0.15, -0.1) is 0 Å². The number of amides is 1. The highest BCUT2D eigenvalue weighted by atomic mass is 16.5. The van der Waals surface area contributed by atoms with Crippen molar-refractivity contribution in [3.8, 4) is 5.88 Å². The Kier molecular flexibility index (Phi) is 6.85. The molecular weight excluding hydrogens is 444 g/mol. The van der Waals surface area contributed by atoms with Crippen molar-refractivity contribution in [3.63, 3.8) is 0 Å². The van der Waals surface area contributed by atoms with Crippen molar-refractivity contribution in [2.45, 2.75) is 12.8 Å². The van der Waals surface area contributed by atoms with Crippen LogP contribution in [0.2, 0.25) is 0 Å². The molecule has 3 aromatic rings. The van der Waals surface area contributed by atoms with E-state index in [9.17, 15) is 4.79 Å². The molecule has 2 aromatic heterocycles. The standard InChI is InChI=1S/C26H32N6O3/c1-29-9-10-32(24(33)16-20-6-4-3-5-7-20)26-25(29)22(31-11-14-34-15-12-31)17-23(28-26)35-13-8-21-18-27-30(2)19-21/h3-7,17-19H,8-16H2,1-2H3. The van der Waals surface area contributed by atoms with Gasteiger partial charge in [-0.3, -0.25) is 14.4 Å². The van der Waals surface area contributed by atoms with Crippen LogP contribution in [0.25, 0.3) is 0 Å². The van der Waals surface area contributed by atoms with Crippen LogP contribution in [0, 0.1) is 0 Å². The zero-order valence-corrected chi connectivity index (χ0v) is 20.4. The number of morpholine rings is 1. The van der Waals surface area contributed by atoms with E-state index < -0.39 is 0 Å². The SMILES string of the molecule is CN1CCN(C(=O)Cc2ccccc2)c2nc(OCCc3cnn(C)c3)cc(N3CCOCC3)c21. The zero-order valence-electron chi connectivity index (χ0n) is 20.4. The number of aromatic nitrogens is 3. The molecule has 0 spiro atoms. The lowest BCUT2D eigenvalue weighted by Gasteiger charge is -2.39. The van der Waals surface area contributed by atoms with Gasteiger partial charge in [-0.1, -0.05) is 30.3 Å². The van der Waals surface area contributed by atoms with Crippen molar-refractivity contribution in [2.75, 3.05) is 67.7 Å². The number of rotatable bonds is 7. The van der Waals surface area contributed by atoms with E-state index in [4.69, 9.17) is 14.5 Å². The molecule has 0 bridgehead atoms. The molecular formula is C26H32N6O3. The summed E-state index contributed by atoms with van der Waals surface area (Å²) < 4.78 is 13.5. The lowest BCUT2D eigenvalue weighted by atomic mass is 10.1. The van der Waals surface area contributed by atoms with Gasteiger partial charge in [-0.25, -0.2) is 0 Å². The molecule has 9 heteroatoms. The number of anilines is 3. The molecule has 0 radical (unpaired) electrons. The topological polar surface area (TPSA) is 76.0 Å². The summed E-state index contributed by atoms with van der Waals surface area (Å²) in [6.45, 7) is 4.74. The second-order valence-corrected chi connectivity index (χ2v) is 9.00. The summed E-state index contributed by atoms with van der Waals surface area (Å²) in [5.41, 5.74) is 4.11. The summed E-state index contributed by atoms with van der Waals surface area (Å²) in [5, 5.41) is 4.22. The number of likely N-dealkylation sites (N-methyl/N-ethyl adjacent to an activating group) is 1. The van der Waals surface area contributed by atoms with Crippen LogP contribution in [0.4, 0.5) is 17.2 Å². The fourth-order valence-corrected chi connectivity index (χ4v) is 4.61. The summed E-state index contributed by atoms with van der Waals surface area (Å²) >= 11 is 0. The maximum Gasteiger partial charge on any atom is 0.232 e. The molecule has 1 aromatic carbocycles. The third-order valence-electron chi connectivity index (χ3n) is 6.48. The van der Waals surface area contributed by atoms with Crippen LogP contribution < -0.4 is 19.4 Å². The van der Waals surface area contributed by atoms with Crippen LogP contribution in [-0.2, 0) is 29.4 Å². The Morgan fingerprint density at radius 3 is 2.60 bits per heavy atom. The predicted molar refractivity (Wildman–Crippen MR) is 135 cm³/mol. The highest BCUT2D eigenvalue weighted by molar-refractivity contribution is 6.00. The Bertz CT molecular complexity index is 1160. The van der Waals surface area contributed by atoms with Crippen molar-refractivity contribution in [1.29, 1.82) is 0 Å². The highest BCUT2D eigenvalue weighted by Gasteiger charge is 2.32. The minimum absolute atomic E-state index is 0.0403. The number of nitrogens with zero attached hydrogens (tertiary/aromatic N) is 6. The molecule has 1 amide bonds. The van der Waals surface area contributed by atoms with Crippen molar-refractivity contribution in [3.05, 3.63) is 59.9 Å². The van der Waals surface area contributed by atoms with Crippen LogP contribution >= 0.6 is 0 Å². The number of ether oxygens (including phenoxy) is 2. The molecule has 0 aliphatic carbocycles. The Hall–Kier alpha value is -3.59. The number of carbonyl (C=O) groups excluding carboxylic acids is 1. The number of pyridine rings is 1. The zero-order chi connectivity index (χ0) is 24.2. The summed E-state index contributed by atoms with van der Waals surface area (Å²) in [6, 6.07) is 11.9. The summed E-state index contributed by atoms with van der Waals surface area (Å²) in [6.07, 6.45) is 4.91. The maximum absolute atomic E-state index is 13.4. The normalized spacial score (nSPS) is 15.8. The van der Waals surface area contributed by atoms with Gasteiger partial charge in [0.2, 0.25) is 11.8 Å². The molecule has 0 atom stereocenters. The van der Waals surface area contributed by atoms with E-state index in [1.165, 1.54) is 0 Å². The Morgan fingerprint density at radius 2 is 1.86 bits per heavy atom. The highest BCUT2D eigenvalue weighted by Crippen LogP contribution is 2.42. The monoisotopic (exact) mass is 476 g/mol. The molecule has 1 saturated heterocycles. The molecule has 4 heterocycles. The van der Waals surface area contributed by atoms with E-state index in [0.29, 0.717) is 44.5 Å². The number of benzene rings is 1. The van der Waals surface area contributed by atoms with Gasteiger partial charge in [0.15, 0.2) is 5.82 Å². The van der Waals surface area contributed by atoms with Crippen molar-refractivity contribution < 1.29 is 14.3 Å². The predicted octanol–water partition coefficient (Wildman–Crippen LogP) is 2.30. The quantitative estimate of drug-likeness (QED) is 0.518. The molecule has 2 aliphatic heterocycles. The van der Waals surface area contributed by atoms with E-state index in [2.05, 4.69) is 21.9 Å². The van der Waals surface area contributed by atoms with E-state index in [1.807, 2.05) is 60.7 Å². The summed E-state index contributed by atoms with van der Waals surface area (Å²) in [5.74, 6) is 1.24. The third-order valence-corrected chi connectivity index (χ3v) is 6.48. The van der Waals surface area contributed by atoms with Crippen LogP contribution in [-0.4, -0.2) is 73.7 Å². The number of fused-ring (bicyclic) bond motifs is 1. The van der Waals surface area contributed by atoms with Crippen molar-refractivity contribution in [2.24, 2.45) is 7.05 Å². The first kappa shape index (κ1) is 23.2. The Morgan fingerprint density at radius 1 is 1.06 bits per heavy atom. The van der Waals surface area contributed by atoms with E-state index >= 15 is 0 Å². The van der Waals surface area contributed by atoms with Crippen LogP contribution in [0.15, 0.2) is 48.8 Å². The number of aryl methyl sites for hydroxylation is 1.